The number of carbonyl (C=O) groups excluding carboxylic acids is 1. The summed E-state index contributed by atoms with van der Waals surface area (Å²) >= 11 is 0. The minimum atomic E-state index is -3.56. The number of nitrogens with zero attached hydrogens (tertiary/aromatic N) is 1. The zero-order valence-corrected chi connectivity index (χ0v) is 12.4. The van der Waals surface area contributed by atoms with Gasteiger partial charge < -0.3 is 9.47 Å². The molecule has 0 amide bonds. The molecule has 7 nitrogen and oxygen atoms in total. The van der Waals surface area contributed by atoms with Crippen molar-refractivity contribution in [3.63, 3.8) is 0 Å². The highest BCUT2D eigenvalue weighted by Gasteiger charge is 2.30. The zero-order chi connectivity index (χ0) is 14.5. The Hall–Kier alpha value is -0.700. The summed E-state index contributed by atoms with van der Waals surface area (Å²) in [6.45, 7) is 6.34. The third kappa shape index (κ3) is 5.43. The Morgan fingerprint density at radius 1 is 1.37 bits per heavy atom. The predicted molar refractivity (Wildman–Crippen MR) is 69.8 cm³/mol. The van der Waals surface area contributed by atoms with Crippen LogP contribution in [-0.4, -0.2) is 57.1 Å². The number of hydrogen-bond donors (Lipinski definition) is 1. The lowest BCUT2D eigenvalue weighted by Gasteiger charge is -2.34. The minimum Gasteiger partial charge on any atom is -0.466 e. The van der Waals surface area contributed by atoms with Crippen molar-refractivity contribution in [2.45, 2.75) is 39.4 Å². The van der Waals surface area contributed by atoms with Crippen LogP contribution in [0.5, 0.6) is 0 Å². The second-order valence-electron chi connectivity index (χ2n) is 4.53. The molecule has 1 N–H and O–H groups in total. The molecule has 0 aromatic heterocycles. The van der Waals surface area contributed by atoms with Crippen LogP contribution in [0.25, 0.3) is 0 Å². The standard InChI is InChI=1S/C11H22N2O5S/c1-4-17-11(14)5-6-12-19(15,16)13-7-9(2)18-10(3)8-13/h9-10,12H,4-8H2,1-3H3. The Labute approximate surface area is 114 Å². The summed E-state index contributed by atoms with van der Waals surface area (Å²) in [5.41, 5.74) is 0. The van der Waals surface area contributed by atoms with E-state index in [0.29, 0.717) is 19.7 Å². The lowest BCUT2D eigenvalue weighted by molar-refractivity contribution is -0.142. The molecule has 0 saturated carbocycles. The summed E-state index contributed by atoms with van der Waals surface area (Å²) < 4.78 is 38.0. The van der Waals surface area contributed by atoms with E-state index >= 15 is 0 Å². The molecule has 0 aromatic rings. The predicted octanol–water partition coefficient (Wildman–Crippen LogP) is -0.117. The van der Waals surface area contributed by atoms with Crippen molar-refractivity contribution < 1.29 is 22.7 Å². The molecule has 1 rings (SSSR count). The van der Waals surface area contributed by atoms with Crippen molar-refractivity contribution in [1.82, 2.24) is 9.03 Å². The molecule has 112 valence electrons. The number of carbonyl (C=O) groups is 1. The second kappa shape index (κ2) is 7.18. The molecule has 1 aliphatic rings. The Balaban J connectivity index is 2.45. The Morgan fingerprint density at radius 2 is 1.95 bits per heavy atom. The van der Waals surface area contributed by atoms with Crippen molar-refractivity contribution in [1.29, 1.82) is 0 Å². The van der Waals surface area contributed by atoms with Crippen LogP contribution < -0.4 is 4.72 Å². The van der Waals surface area contributed by atoms with E-state index in [4.69, 9.17) is 9.47 Å². The van der Waals surface area contributed by atoms with Gasteiger partial charge in [0.15, 0.2) is 0 Å². The first kappa shape index (κ1) is 16.4. The molecule has 2 unspecified atom stereocenters. The van der Waals surface area contributed by atoms with E-state index in [0.717, 1.165) is 0 Å². The van der Waals surface area contributed by atoms with E-state index in [-0.39, 0.29) is 25.2 Å². The fourth-order valence-corrected chi connectivity index (χ4v) is 3.29. The van der Waals surface area contributed by atoms with E-state index < -0.39 is 16.2 Å². The van der Waals surface area contributed by atoms with Crippen LogP contribution in [0, 0.1) is 0 Å². The zero-order valence-electron chi connectivity index (χ0n) is 11.6. The smallest absolute Gasteiger partial charge is 0.307 e. The molecule has 1 fully saturated rings. The lowest BCUT2D eigenvalue weighted by atomic mass is 10.3. The van der Waals surface area contributed by atoms with Crippen LogP contribution in [0.1, 0.15) is 27.2 Å². The lowest BCUT2D eigenvalue weighted by Crippen LogP contribution is -2.52. The third-order valence-corrected chi connectivity index (χ3v) is 4.19. The van der Waals surface area contributed by atoms with E-state index in [9.17, 15) is 13.2 Å². The monoisotopic (exact) mass is 294 g/mol. The van der Waals surface area contributed by atoms with Gasteiger partial charge in [0.05, 0.1) is 25.2 Å². The SMILES string of the molecule is CCOC(=O)CCNS(=O)(=O)N1CC(C)OC(C)C1. The van der Waals surface area contributed by atoms with Crippen LogP contribution in [0.2, 0.25) is 0 Å². The van der Waals surface area contributed by atoms with Crippen LogP contribution in [0.3, 0.4) is 0 Å². The molecular weight excluding hydrogens is 272 g/mol. The average Bonchev–Trinajstić information content (AvgIpc) is 2.27. The number of nitrogens with one attached hydrogen (secondary N) is 1. The van der Waals surface area contributed by atoms with Gasteiger partial charge in [-0.15, -0.1) is 0 Å². The number of ether oxygens (including phenoxy) is 2. The summed E-state index contributed by atoms with van der Waals surface area (Å²) in [4.78, 5) is 11.1. The summed E-state index contributed by atoms with van der Waals surface area (Å²) in [5.74, 6) is -0.408. The van der Waals surface area contributed by atoms with Gasteiger partial charge in [0, 0.05) is 19.6 Å². The van der Waals surface area contributed by atoms with Crippen molar-refractivity contribution in [2.24, 2.45) is 0 Å². The van der Waals surface area contributed by atoms with Crippen molar-refractivity contribution in [3.05, 3.63) is 0 Å². The molecule has 1 heterocycles. The van der Waals surface area contributed by atoms with Gasteiger partial charge in [0.1, 0.15) is 0 Å². The van der Waals surface area contributed by atoms with Crippen molar-refractivity contribution in [3.8, 4) is 0 Å². The van der Waals surface area contributed by atoms with Gasteiger partial charge >= 0.3 is 5.97 Å². The molecule has 0 radical (unpaired) electrons. The van der Waals surface area contributed by atoms with Crippen LogP contribution >= 0.6 is 0 Å². The number of rotatable bonds is 6. The maximum Gasteiger partial charge on any atom is 0.307 e. The largest absolute Gasteiger partial charge is 0.466 e. The van der Waals surface area contributed by atoms with Gasteiger partial charge in [0.2, 0.25) is 0 Å². The third-order valence-electron chi connectivity index (χ3n) is 2.64. The molecule has 8 heteroatoms. The molecule has 0 aliphatic carbocycles. The molecule has 1 saturated heterocycles. The fourth-order valence-electron chi connectivity index (χ4n) is 1.93. The van der Waals surface area contributed by atoms with E-state index in [1.165, 1.54) is 4.31 Å². The fraction of sp³-hybridized carbons (Fsp3) is 0.909. The highest BCUT2D eigenvalue weighted by molar-refractivity contribution is 7.87. The molecular formula is C11H22N2O5S. The van der Waals surface area contributed by atoms with Gasteiger partial charge in [-0.3, -0.25) is 4.79 Å². The first-order chi connectivity index (χ1) is 8.85. The second-order valence-corrected chi connectivity index (χ2v) is 6.28. The quantitative estimate of drug-likeness (QED) is 0.691. The van der Waals surface area contributed by atoms with Gasteiger partial charge in [-0.25, -0.2) is 4.72 Å². The van der Waals surface area contributed by atoms with E-state index in [2.05, 4.69) is 4.72 Å². The van der Waals surface area contributed by atoms with Gasteiger partial charge in [-0.2, -0.15) is 12.7 Å². The van der Waals surface area contributed by atoms with E-state index in [1.807, 2.05) is 13.8 Å². The molecule has 19 heavy (non-hydrogen) atoms. The van der Waals surface area contributed by atoms with Crippen LogP contribution in [0.15, 0.2) is 0 Å². The Morgan fingerprint density at radius 3 is 2.47 bits per heavy atom. The highest BCUT2D eigenvalue weighted by atomic mass is 32.2. The van der Waals surface area contributed by atoms with E-state index in [1.54, 1.807) is 6.92 Å². The summed E-state index contributed by atoms with van der Waals surface area (Å²) in [7, 11) is -3.56. The Kier molecular flexibility index (Phi) is 6.18. The molecule has 0 bridgehead atoms. The maximum atomic E-state index is 12.0. The van der Waals surface area contributed by atoms with Crippen LogP contribution in [0.4, 0.5) is 0 Å². The molecule has 2 atom stereocenters. The van der Waals surface area contributed by atoms with Crippen molar-refractivity contribution in [2.75, 3.05) is 26.2 Å². The first-order valence-electron chi connectivity index (χ1n) is 6.41. The summed E-state index contributed by atoms with van der Waals surface area (Å²) in [5, 5.41) is 0. The Bertz CT molecular complexity index is 388. The maximum absolute atomic E-state index is 12.0. The highest BCUT2D eigenvalue weighted by Crippen LogP contribution is 2.13. The molecule has 1 aliphatic heterocycles. The summed E-state index contributed by atoms with van der Waals surface area (Å²) in [6, 6.07) is 0. The number of hydrogen-bond acceptors (Lipinski definition) is 5. The molecule has 0 spiro atoms. The summed E-state index contributed by atoms with van der Waals surface area (Å²) in [6.07, 6.45) is -0.238. The van der Waals surface area contributed by atoms with Gasteiger partial charge in [-0.05, 0) is 20.8 Å². The molecule has 0 aromatic carbocycles. The normalized spacial score (nSPS) is 25.2. The number of esters is 1. The van der Waals surface area contributed by atoms with Crippen molar-refractivity contribution >= 4 is 16.2 Å². The van der Waals surface area contributed by atoms with Gasteiger partial charge in [0.25, 0.3) is 10.2 Å². The average molecular weight is 294 g/mol. The minimum absolute atomic E-state index is 0.0303. The number of morpholine rings is 1. The first-order valence-corrected chi connectivity index (χ1v) is 7.85. The van der Waals surface area contributed by atoms with Crippen LogP contribution in [-0.2, 0) is 24.5 Å². The van der Waals surface area contributed by atoms with Gasteiger partial charge in [-0.1, -0.05) is 0 Å². The topological polar surface area (TPSA) is 84.9 Å².